The Kier molecular flexibility index (Phi) is 17.0. The zero-order valence-electron chi connectivity index (χ0n) is 32.5. The standard InChI is InChI=1S/C38H63N5O8/c1-12-24(4)32(42(9)35(46)31(23(2)3)41-37(49)38(6,7)39-8)29(50-10)22-30(44)43-20-16-19-28(43)33(51-11)25(5)34(45)40-27(36(47)48)21-26-17-14-13-15-18-26/h13-15,17-18,23-25,27-29,31-33,39H,12,16,19-22H2,1-11H3,(H,40,45)(H,41,49)(H,47,48)/t24?,25?,27?,28-,29?,31?,32?,33?/m0/s1. The largest absolute Gasteiger partial charge is 0.480 e. The minimum Gasteiger partial charge on any atom is -0.480 e. The van der Waals surface area contributed by atoms with Gasteiger partial charge in [-0.25, -0.2) is 4.79 Å². The van der Waals surface area contributed by atoms with Gasteiger partial charge in [-0.15, -0.1) is 0 Å². The van der Waals surface area contributed by atoms with E-state index >= 15 is 0 Å². The lowest BCUT2D eigenvalue weighted by Crippen LogP contribution is -2.61. The Morgan fingerprint density at radius 2 is 1.65 bits per heavy atom. The van der Waals surface area contributed by atoms with Gasteiger partial charge in [0.05, 0.1) is 42.2 Å². The minimum atomic E-state index is -1.14. The molecule has 1 aromatic rings. The van der Waals surface area contributed by atoms with Gasteiger partial charge in [0.1, 0.15) is 12.1 Å². The summed E-state index contributed by atoms with van der Waals surface area (Å²) in [5.74, 6) is -3.36. The van der Waals surface area contributed by atoms with Gasteiger partial charge < -0.3 is 40.3 Å². The molecule has 1 aliphatic rings. The first-order valence-electron chi connectivity index (χ1n) is 18.1. The average Bonchev–Trinajstić information content (AvgIpc) is 3.59. The number of methoxy groups -OCH3 is 2. The van der Waals surface area contributed by atoms with Crippen molar-refractivity contribution in [2.45, 2.75) is 122 Å². The first kappa shape index (κ1) is 43.6. The van der Waals surface area contributed by atoms with Crippen molar-refractivity contribution >= 4 is 29.6 Å². The molecule has 2 rings (SSSR count). The predicted octanol–water partition coefficient (Wildman–Crippen LogP) is 2.86. The van der Waals surface area contributed by atoms with E-state index < -0.39 is 59.7 Å². The smallest absolute Gasteiger partial charge is 0.326 e. The summed E-state index contributed by atoms with van der Waals surface area (Å²) in [6.45, 7) is 13.4. The van der Waals surface area contributed by atoms with Gasteiger partial charge in [0, 0.05) is 34.2 Å². The van der Waals surface area contributed by atoms with Crippen molar-refractivity contribution in [2.24, 2.45) is 17.8 Å². The van der Waals surface area contributed by atoms with Crippen LogP contribution in [-0.2, 0) is 39.9 Å². The summed E-state index contributed by atoms with van der Waals surface area (Å²) in [5.41, 5.74) is -0.0968. The maximum Gasteiger partial charge on any atom is 0.326 e. The van der Waals surface area contributed by atoms with E-state index in [1.165, 1.54) is 14.2 Å². The van der Waals surface area contributed by atoms with Crippen LogP contribution >= 0.6 is 0 Å². The Hall–Kier alpha value is -3.55. The zero-order chi connectivity index (χ0) is 38.6. The molecule has 13 nitrogen and oxygen atoms in total. The van der Waals surface area contributed by atoms with E-state index in [4.69, 9.17) is 9.47 Å². The molecular weight excluding hydrogens is 654 g/mol. The molecule has 51 heavy (non-hydrogen) atoms. The number of amides is 4. The Balaban J connectivity index is 2.26. The van der Waals surface area contributed by atoms with Crippen molar-refractivity contribution in [3.63, 3.8) is 0 Å². The average molecular weight is 718 g/mol. The van der Waals surface area contributed by atoms with Crippen LogP contribution in [0.15, 0.2) is 30.3 Å². The topological polar surface area (TPSA) is 167 Å². The van der Waals surface area contributed by atoms with Gasteiger partial charge in [-0.05, 0) is 51.1 Å². The van der Waals surface area contributed by atoms with Crippen LogP contribution in [0, 0.1) is 17.8 Å². The van der Waals surface area contributed by atoms with Gasteiger partial charge in [-0.2, -0.15) is 0 Å². The molecule has 1 heterocycles. The fourth-order valence-corrected chi connectivity index (χ4v) is 6.83. The molecule has 1 aromatic carbocycles. The number of benzene rings is 1. The molecule has 4 N–H and O–H groups in total. The highest BCUT2D eigenvalue weighted by atomic mass is 16.5. The fraction of sp³-hybridized carbons (Fsp3) is 0.711. The highest BCUT2D eigenvalue weighted by Gasteiger charge is 2.43. The number of carbonyl (C=O) groups is 5. The summed E-state index contributed by atoms with van der Waals surface area (Å²) < 4.78 is 11.8. The molecule has 8 atom stereocenters. The molecule has 4 amide bonds. The Bertz CT molecular complexity index is 1310. The van der Waals surface area contributed by atoms with Crippen LogP contribution < -0.4 is 16.0 Å². The van der Waals surface area contributed by atoms with E-state index in [2.05, 4.69) is 16.0 Å². The molecule has 288 valence electrons. The monoisotopic (exact) mass is 717 g/mol. The van der Waals surface area contributed by atoms with Gasteiger partial charge in [0.15, 0.2) is 0 Å². The third kappa shape index (κ3) is 11.5. The second-order valence-corrected chi connectivity index (χ2v) is 14.7. The fourth-order valence-electron chi connectivity index (χ4n) is 6.83. The van der Waals surface area contributed by atoms with Crippen LogP contribution in [0.1, 0.15) is 79.7 Å². The summed E-state index contributed by atoms with van der Waals surface area (Å²) in [5, 5.41) is 18.4. The Morgan fingerprint density at radius 1 is 1.02 bits per heavy atom. The van der Waals surface area contributed by atoms with Crippen molar-refractivity contribution in [2.75, 3.05) is 34.9 Å². The van der Waals surface area contributed by atoms with Crippen LogP contribution in [0.25, 0.3) is 0 Å². The summed E-state index contributed by atoms with van der Waals surface area (Å²) >= 11 is 0. The number of carbonyl (C=O) groups excluding carboxylic acids is 4. The van der Waals surface area contributed by atoms with E-state index in [0.717, 1.165) is 5.56 Å². The summed E-state index contributed by atoms with van der Waals surface area (Å²) in [6, 6.07) is 6.27. The lowest BCUT2D eigenvalue weighted by molar-refractivity contribution is -0.148. The lowest BCUT2D eigenvalue weighted by Gasteiger charge is -2.41. The molecule has 0 saturated carbocycles. The first-order valence-corrected chi connectivity index (χ1v) is 18.1. The van der Waals surface area contributed by atoms with E-state index in [1.807, 2.05) is 58.0 Å². The van der Waals surface area contributed by atoms with Gasteiger partial charge in [0.2, 0.25) is 23.6 Å². The molecule has 7 unspecified atom stereocenters. The van der Waals surface area contributed by atoms with E-state index in [-0.39, 0.29) is 42.4 Å². The van der Waals surface area contributed by atoms with Crippen molar-refractivity contribution in [3.05, 3.63) is 35.9 Å². The predicted molar refractivity (Wildman–Crippen MR) is 196 cm³/mol. The summed E-state index contributed by atoms with van der Waals surface area (Å²) in [6.07, 6.45) is 0.809. The SMILES string of the molecule is CCC(C)C(C(CC(=O)N1CCC[C@H]1C(OC)C(C)C(=O)NC(Cc1ccccc1)C(=O)O)OC)N(C)C(=O)C(NC(=O)C(C)(C)NC)C(C)C. The summed E-state index contributed by atoms with van der Waals surface area (Å²) in [4.78, 5) is 70.0. The molecule has 0 bridgehead atoms. The Morgan fingerprint density at radius 3 is 2.16 bits per heavy atom. The third-order valence-electron chi connectivity index (χ3n) is 10.6. The first-order chi connectivity index (χ1) is 23.9. The molecule has 1 aliphatic heterocycles. The van der Waals surface area contributed by atoms with Crippen LogP contribution in [0.4, 0.5) is 0 Å². The maximum absolute atomic E-state index is 14.1. The number of likely N-dealkylation sites (tertiary alicyclic amines) is 1. The number of hydrogen-bond acceptors (Lipinski definition) is 8. The minimum absolute atomic E-state index is 0.0136. The van der Waals surface area contributed by atoms with Crippen LogP contribution in [0.2, 0.25) is 0 Å². The number of carboxylic acids is 1. The molecule has 1 fully saturated rings. The molecule has 0 aliphatic carbocycles. The second-order valence-electron chi connectivity index (χ2n) is 14.7. The van der Waals surface area contributed by atoms with E-state index in [1.54, 1.807) is 44.7 Å². The number of rotatable bonds is 20. The normalized spacial score (nSPS) is 19.0. The molecule has 0 spiro atoms. The highest BCUT2D eigenvalue weighted by molar-refractivity contribution is 5.92. The van der Waals surface area contributed by atoms with E-state index in [9.17, 15) is 29.1 Å². The number of likely N-dealkylation sites (N-methyl/N-ethyl adjacent to an activating group) is 2. The third-order valence-corrected chi connectivity index (χ3v) is 10.6. The van der Waals surface area contributed by atoms with Crippen molar-refractivity contribution in [1.29, 1.82) is 0 Å². The van der Waals surface area contributed by atoms with Crippen LogP contribution in [-0.4, -0.2) is 121 Å². The van der Waals surface area contributed by atoms with Crippen molar-refractivity contribution < 1.29 is 38.6 Å². The highest BCUT2D eigenvalue weighted by Crippen LogP contribution is 2.30. The van der Waals surface area contributed by atoms with Gasteiger partial charge in [0.25, 0.3) is 0 Å². The van der Waals surface area contributed by atoms with Gasteiger partial charge in [-0.1, -0.05) is 71.4 Å². The van der Waals surface area contributed by atoms with Crippen molar-refractivity contribution in [3.8, 4) is 0 Å². The molecule has 0 aromatic heterocycles. The number of carboxylic acid groups (broad SMARTS) is 1. The number of nitrogens with one attached hydrogen (secondary N) is 3. The quantitative estimate of drug-likeness (QED) is 0.159. The number of ether oxygens (including phenoxy) is 2. The Labute approximate surface area is 304 Å². The summed E-state index contributed by atoms with van der Waals surface area (Å²) in [7, 11) is 6.41. The molecular formula is C38H63N5O8. The molecule has 13 heteroatoms. The van der Waals surface area contributed by atoms with Crippen molar-refractivity contribution in [1.82, 2.24) is 25.8 Å². The molecule has 1 saturated heterocycles. The van der Waals surface area contributed by atoms with Crippen LogP contribution in [0.3, 0.4) is 0 Å². The maximum atomic E-state index is 14.1. The lowest BCUT2D eigenvalue weighted by atomic mass is 9.89. The van der Waals surface area contributed by atoms with E-state index in [0.29, 0.717) is 25.8 Å². The number of nitrogens with zero attached hydrogens (tertiary/aromatic N) is 2. The number of aliphatic carboxylic acids is 1. The van der Waals surface area contributed by atoms with Crippen LogP contribution in [0.5, 0.6) is 0 Å². The number of hydrogen-bond donors (Lipinski definition) is 4. The van der Waals surface area contributed by atoms with Gasteiger partial charge >= 0.3 is 5.97 Å². The molecule has 0 radical (unpaired) electrons. The second kappa shape index (κ2) is 19.9. The van der Waals surface area contributed by atoms with Gasteiger partial charge in [-0.3, -0.25) is 19.2 Å². The zero-order valence-corrected chi connectivity index (χ0v) is 32.5.